The normalized spacial score (nSPS) is 23.5. The third-order valence-corrected chi connectivity index (χ3v) is 5.45. The number of hydrogen-bond acceptors (Lipinski definition) is 3. The van der Waals surface area contributed by atoms with Crippen LogP contribution in [0, 0.1) is 0 Å². The zero-order valence-corrected chi connectivity index (χ0v) is 12.1. The van der Waals surface area contributed by atoms with Gasteiger partial charge in [0.25, 0.3) is 0 Å². The van der Waals surface area contributed by atoms with Gasteiger partial charge < -0.3 is 5.11 Å². The van der Waals surface area contributed by atoms with Crippen LogP contribution in [0.2, 0.25) is 5.02 Å². The molecule has 0 radical (unpaired) electrons. The van der Waals surface area contributed by atoms with Gasteiger partial charge in [-0.25, -0.2) is 0 Å². The monoisotopic (exact) mass is 288 g/mol. The van der Waals surface area contributed by atoms with Crippen molar-refractivity contribution in [1.82, 2.24) is 9.78 Å². The molecule has 2 rings (SSSR count). The maximum Gasteiger partial charge on any atom is 0.320 e. The second-order valence-corrected chi connectivity index (χ2v) is 6.47. The van der Waals surface area contributed by atoms with E-state index in [9.17, 15) is 9.90 Å². The summed E-state index contributed by atoms with van der Waals surface area (Å²) < 4.78 is 1.01. The third kappa shape index (κ3) is 2.26. The molecular weight excluding hydrogens is 272 g/mol. The van der Waals surface area contributed by atoms with Crippen LogP contribution < -0.4 is 0 Å². The standard InChI is InChI=1S/C12H17ClN2O2S/c1-3-8-10(13)9(15(2)14-8)7-12(11(16)17)5-4-6-18-12/h3-7H2,1-2H3,(H,16,17). The second kappa shape index (κ2) is 5.13. The second-order valence-electron chi connectivity index (χ2n) is 4.61. The van der Waals surface area contributed by atoms with Crippen molar-refractivity contribution in [2.24, 2.45) is 7.05 Å². The van der Waals surface area contributed by atoms with Crippen molar-refractivity contribution < 1.29 is 9.90 Å². The molecule has 0 aliphatic carbocycles. The Kier molecular flexibility index (Phi) is 3.92. The van der Waals surface area contributed by atoms with Gasteiger partial charge in [0, 0.05) is 13.5 Å². The molecule has 0 bridgehead atoms. The number of rotatable bonds is 4. The molecule has 0 amide bonds. The number of carboxylic acids is 1. The molecule has 1 fully saturated rings. The van der Waals surface area contributed by atoms with E-state index in [0.717, 1.165) is 30.0 Å². The SMILES string of the molecule is CCc1nn(C)c(CC2(C(=O)O)CCCS2)c1Cl. The molecule has 1 atom stereocenters. The Balaban J connectivity index is 2.33. The van der Waals surface area contributed by atoms with Gasteiger partial charge >= 0.3 is 5.97 Å². The van der Waals surface area contributed by atoms with Crippen LogP contribution in [-0.2, 0) is 24.7 Å². The number of aromatic nitrogens is 2. The number of aryl methyl sites for hydroxylation is 2. The van der Waals surface area contributed by atoms with Crippen molar-refractivity contribution in [1.29, 1.82) is 0 Å². The summed E-state index contributed by atoms with van der Waals surface area (Å²) in [5.41, 5.74) is 1.68. The molecule has 1 aliphatic rings. The molecule has 1 unspecified atom stereocenters. The highest BCUT2D eigenvalue weighted by Crippen LogP contribution is 2.42. The lowest BCUT2D eigenvalue weighted by Gasteiger charge is -2.22. The Morgan fingerprint density at radius 2 is 2.39 bits per heavy atom. The molecule has 0 aromatic carbocycles. The molecule has 1 aromatic rings. The fourth-order valence-electron chi connectivity index (χ4n) is 2.36. The Hall–Kier alpha value is -0.680. The number of nitrogens with zero attached hydrogens (tertiary/aromatic N) is 2. The lowest BCUT2D eigenvalue weighted by Crippen LogP contribution is -2.35. The maximum atomic E-state index is 11.5. The van der Waals surface area contributed by atoms with Gasteiger partial charge in [0.15, 0.2) is 0 Å². The Labute approximate surface area is 116 Å². The van der Waals surface area contributed by atoms with Gasteiger partial charge in [0.05, 0.1) is 16.4 Å². The number of thioether (sulfide) groups is 1. The van der Waals surface area contributed by atoms with Crippen LogP contribution in [0.3, 0.4) is 0 Å². The molecule has 1 aromatic heterocycles. The average molecular weight is 289 g/mol. The summed E-state index contributed by atoms with van der Waals surface area (Å²) >= 11 is 7.82. The van der Waals surface area contributed by atoms with E-state index in [2.05, 4.69) is 5.10 Å². The topological polar surface area (TPSA) is 55.1 Å². The van der Waals surface area contributed by atoms with E-state index in [0.29, 0.717) is 17.9 Å². The van der Waals surface area contributed by atoms with Crippen molar-refractivity contribution in [2.75, 3.05) is 5.75 Å². The van der Waals surface area contributed by atoms with Gasteiger partial charge in [-0.2, -0.15) is 5.10 Å². The summed E-state index contributed by atoms with van der Waals surface area (Å²) in [6.45, 7) is 2.00. The molecule has 100 valence electrons. The van der Waals surface area contributed by atoms with Crippen molar-refractivity contribution in [3.8, 4) is 0 Å². The lowest BCUT2D eigenvalue weighted by atomic mass is 9.97. The van der Waals surface area contributed by atoms with Gasteiger partial charge in [-0.3, -0.25) is 9.48 Å². The smallest absolute Gasteiger partial charge is 0.320 e. The van der Waals surface area contributed by atoms with Crippen molar-refractivity contribution in [3.63, 3.8) is 0 Å². The van der Waals surface area contributed by atoms with Crippen LogP contribution >= 0.6 is 23.4 Å². The Morgan fingerprint density at radius 3 is 2.83 bits per heavy atom. The minimum Gasteiger partial charge on any atom is -0.480 e. The van der Waals surface area contributed by atoms with Crippen molar-refractivity contribution in [3.05, 3.63) is 16.4 Å². The predicted octanol–water partition coefficient (Wildman–Crippen LogP) is 2.53. The molecule has 18 heavy (non-hydrogen) atoms. The summed E-state index contributed by atoms with van der Waals surface area (Å²) in [7, 11) is 1.83. The van der Waals surface area contributed by atoms with Gasteiger partial charge in [-0.1, -0.05) is 18.5 Å². The summed E-state index contributed by atoms with van der Waals surface area (Å²) in [6, 6.07) is 0. The van der Waals surface area contributed by atoms with Crippen LogP contribution in [0.1, 0.15) is 31.2 Å². The minimum absolute atomic E-state index is 0.454. The maximum absolute atomic E-state index is 11.5. The average Bonchev–Trinajstić information content (AvgIpc) is 2.90. The number of aliphatic carboxylic acids is 1. The van der Waals surface area contributed by atoms with Crippen LogP contribution in [0.4, 0.5) is 0 Å². The van der Waals surface area contributed by atoms with Crippen LogP contribution in [-0.4, -0.2) is 31.4 Å². The zero-order chi connectivity index (χ0) is 13.3. The first-order valence-electron chi connectivity index (χ1n) is 6.08. The van der Waals surface area contributed by atoms with Crippen LogP contribution in [0.5, 0.6) is 0 Å². The van der Waals surface area contributed by atoms with Gasteiger partial charge in [0.1, 0.15) is 4.75 Å². The van der Waals surface area contributed by atoms with Crippen LogP contribution in [0.15, 0.2) is 0 Å². The number of hydrogen-bond donors (Lipinski definition) is 1. The lowest BCUT2D eigenvalue weighted by molar-refractivity contribution is -0.139. The van der Waals surface area contributed by atoms with E-state index in [1.807, 2.05) is 14.0 Å². The van der Waals surface area contributed by atoms with Gasteiger partial charge in [0.2, 0.25) is 0 Å². The van der Waals surface area contributed by atoms with E-state index in [4.69, 9.17) is 11.6 Å². The first-order valence-corrected chi connectivity index (χ1v) is 7.44. The van der Waals surface area contributed by atoms with Gasteiger partial charge in [-0.05, 0) is 25.0 Å². The first-order chi connectivity index (χ1) is 8.50. The first kappa shape index (κ1) is 13.7. The number of halogens is 1. The molecular formula is C12H17ClN2O2S. The van der Waals surface area contributed by atoms with E-state index in [1.165, 1.54) is 11.8 Å². The fourth-order valence-corrected chi connectivity index (χ4v) is 4.05. The quantitative estimate of drug-likeness (QED) is 0.925. The molecule has 0 spiro atoms. The molecule has 1 N–H and O–H groups in total. The molecule has 2 heterocycles. The molecule has 4 nitrogen and oxygen atoms in total. The zero-order valence-electron chi connectivity index (χ0n) is 10.6. The molecule has 0 saturated carbocycles. The Morgan fingerprint density at radius 1 is 1.67 bits per heavy atom. The highest BCUT2D eigenvalue weighted by molar-refractivity contribution is 8.01. The number of carbonyl (C=O) groups is 1. The van der Waals surface area contributed by atoms with Crippen LogP contribution in [0.25, 0.3) is 0 Å². The predicted molar refractivity (Wildman–Crippen MR) is 73.4 cm³/mol. The highest BCUT2D eigenvalue weighted by atomic mass is 35.5. The highest BCUT2D eigenvalue weighted by Gasteiger charge is 2.43. The molecule has 1 aliphatic heterocycles. The fraction of sp³-hybridized carbons (Fsp3) is 0.667. The summed E-state index contributed by atoms with van der Waals surface area (Å²) in [6.07, 6.45) is 2.87. The summed E-state index contributed by atoms with van der Waals surface area (Å²) in [5.74, 6) is 0.169. The van der Waals surface area contributed by atoms with E-state index in [1.54, 1.807) is 4.68 Å². The van der Waals surface area contributed by atoms with E-state index >= 15 is 0 Å². The van der Waals surface area contributed by atoms with Crippen molar-refractivity contribution >= 4 is 29.3 Å². The van der Waals surface area contributed by atoms with E-state index in [-0.39, 0.29) is 0 Å². The minimum atomic E-state index is -0.736. The number of carboxylic acid groups (broad SMARTS) is 1. The van der Waals surface area contributed by atoms with Gasteiger partial charge in [-0.15, -0.1) is 11.8 Å². The molecule has 1 saturated heterocycles. The summed E-state index contributed by atoms with van der Waals surface area (Å²) in [5, 5.41) is 14.5. The Bertz CT molecular complexity index is 467. The largest absolute Gasteiger partial charge is 0.480 e. The van der Waals surface area contributed by atoms with Crippen molar-refractivity contribution in [2.45, 2.75) is 37.4 Å². The third-order valence-electron chi connectivity index (χ3n) is 3.45. The summed E-state index contributed by atoms with van der Waals surface area (Å²) in [4.78, 5) is 11.5. The molecule has 6 heteroatoms. The van der Waals surface area contributed by atoms with E-state index < -0.39 is 10.7 Å².